The molecule has 0 radical (unpaired) electrons. The highest BCUT2D eigenvalue weighted by Crippen LogP contribution is 2.57. The average Bonchev–Trinajstić information content (AvgIpc) is 2.45. The van der Waals surface area contributed by atoms with Crippen molar-refractivity contribution in [1.29, 1.82) is 0 Å². The second kappa shape index (κ2) is 5.26. The molecule has 0 heterocycles. The quantitative estimate of drug-likeness (QED) is 0.850. The summed E-state index contributed by atoms with van der Waals surface area (Å²) in [6, 6.07) is 0.0726. The molecule has 2 atom stereocenters. The number of carbonyl (C=O) groups excluding carboxylic acids is 1. The van der Waals surface area contributed by atoms with Crippen LogP contribution in [0.2, 0.25) is 0 Å². The Hall–Kier alpha value is -0.570. The van der Waals surface area contributed by atoms with Crippen LogP contribution in [0.15, 0.2) is 0 Å². The van der Waals surface area contributed by atoms with Crippen LogP contribution >= 0.6 is 0 Å². The number of likely N-dealkylation sites (N-methyl/N-ethyl adjacent to an activating group) is 1. The minimum Gasteiger partial charge on any atom is -0.391 e. The monoisotopic (exact) mass is 291 g/mol. The van der Waals surface area contributed by atoms with Crippen molar-refractivity contribution in [2.45, 2.75) is 69.9 Å². The number of carbonyl (C=O) groups is 1. The van der Waals surface area contributed by atoms with Gasteiger partial charge in [-0.25, -0.2) is 0 Å². The number of hydrogen-bond donors (Lipinski definition) is 1. The molecule has 5 rings (SSSR count). The summed E-state index contributed by atoms with van der Waals surface area (Å²) in [7, 11) is 1.95. The zero-order valence-corrected chi connectivity index (χ0v) is 13.2. The Labute approximate surface area is 128 Å². The maximum atomic E-state index is 13.1. The fraction of sp³-hybridized carbons (Fsp3) is 0.944. The molecule has 21 heavy (non-hydrogen) atoms. The molecule has 1 amide bonds. The summed E-state index contributed by atoms with van der Waals surface area (Å²) in [5.41, 5.74) is 0. The van der Waals surface area contributed by atoms with E-state index < -0.39 is 0 Å². The molecule has 0 spiro atoms. The van der Waals surface area contributed by atoms with Crippen molar-refractivity contribution in [3.8, 4) is 0 Å². The zero-order chi connectivity index (χ0) is 14.6. The van der Waals surface area contributed by atoms with Gasteiger partial charge in [-0.05, 0) is 68.6 Å². The molecule has 2 unspecified atom stereocenters. The summed E-state index contributed by atoms with van der Waals surface area (Å²) < 4.78 is 0. The van der Waals surface area contributed by atoms with Crippen LogP contribution < -0.4 is 0 Å². The summed E-state index contributed by atoms with van der Waals surface area (Å²) in [5.74, 6) is 3.77. The molecule has 5 aliphatic rings. The van der Waals surface area contributed by atoms with Crippen molar-refractivity contribution in [2.24, 2.45) is 29.6 Å². The Morgan fingerprint density at radius 3 is 2.10 bits per heavy atom. The maximum absolute atomic E-state index is 13.1. The van der Waals surface area contributed by atoms with E-state index in [1.165, 1.54) is 32.1 Å². The third-order valence-corrected chi connectivity index (χ3v) is 7.05. The first kappa shape index (κ1) is 14.0. The van der Waals surface area contributed by atoms with Gasteiger partial charge in [-0.2, -0.15) is 0 Å². The van der Waals surface area contributed by atoms with E-state index in [-0.39, 0.29) is 18.1 Å². The second-order valence-electron chi connectivity index (χ2n) is 8.32. The van der Waals surface area contributed by atoms with E-state index >= 15 is 0 Å². The topological polar surface area (TPSA) is 40.5 Å². The van der Waals surface area contributed by atoms with Gasteiger partial charge in [0, 0.05) is 13.0 Å². The van der Waals surface area contributed by atoms with E-state index in [2.05, 4.69) is 0 Å². The van der Waals surface area contributed by atoms with Gasteiger partial charge in [0.2, 0.25) is 5.91 Å². The first-order chi connectivity index (χ1) is 10.1. The maximum Gasteiger partial charge on any atom is 0.226 e. The van der Waals surface area contributed by atoms with E-state index in [0.717, 1.165) is 37.5 Å². The Morgan fingerprint density at radius 1 is 0.952 bits per heavy atom. The lowest BCUT2D eigenvalue weighted by molar-refractivity contribution is -0.153. The van der Waals surface area contributed by atoms with Gasteiger partial charge >= 0.3 is 0 Å². The first-order valence-corrected chi connectivity index (χ1v) is 9.08. The number of hydrogen-bond acceptors (Lipinski definition) is 2. The van der Waals surface area contributed by atoms with Crippen molar-refractivity contribution in [2.75, 3.05) is 7.05 Å². The van der Waals surface area contributed by atoms with Crippen molar-refractivity contribution in [3.63, 3.8) is 0 Å². The highest BCUT2D eigenvalue weighted by Gasteiger charge is 2.51. The van der Waals surface area contributed by atoms with Gasteiger partial charge in [0.1, 0.15) is 0 Å². The molecule has 5 aliphatic carbocycles. The Morgan fingerprint density at radius 2 is 1.52 bits per heavy atom. The highest BCUT2D eigenvalue weighted by atomic mass is 16.3. The number of nitrogens with zero attached hydrogens (tertiary/aromatic N) is 1. The molecule has 5 saturated carbocycles. The molecular weight excluding hydrogens is 262 g/mol. The van der Waals surface area contributed by atoms with Gasteiger partial charge < -0.3 is 10.0 Å². The van der Waals surface area contributed by atoms with Gasteiger partial charge in [0.25, 0.3) is 0 Å². The van der Waals surface area contributed by atoms with Crippen LogP contribution in [0, 0.1) is 29.6 Å². The van der Waals surface area contributed by atoms with Gasteiger partial charge in [0.15, 0.2) is 0 Å². The molecule has 3 nitrogen and oxygen atoms in total. The van der Waals surface area contributed by atoms with Crippen LogP contribution in [0.1, 0.15) is 57.8 Å². The first-order valence-electron chi connectivity index (χ1n) is 9.08. The molecule has 0 saturated heterocycles. The molecule has 0 aromatic carbocycles. The smallest absolute Gasteiger partial charge is 0.226 e. The molecule has 0 aromatic heterocycles. The van der Waals surface area contributed by atoms with E-state index in [0.29, 0.717) is 17.7 Å². The van der Waals surface area contributed by atoms with Crippen LogP contribution in [-0.2, 0) is 4.79 Å². The molecule has 3 heteroatoms. The van der Waals surface area contributed by atoms with E-state index in [4.69, 9.17) is 0 Å². The normalized spacial score (nSPS) is 48.4. The molecule has 1 N–H and O–H groups in total. The van der Waals surface area contributed by atoms with Crippen LogP contribution in [0.3, 0.4) is 0 Å². The Bertz CT molecular complexity index is 393. The fourth-order valence-electron chi connectivity index (χ4n) is 6.27. The lowest BCUT2D eigenvalue weighted by Gasteiger charge is -2.54. The summed E-state index contributed by atoms with van der Waals surface area (Å²) in [6.07, 6.45) is 10.4. The lowest BCUT2D eigenvalue weighted by atomic mass is 9.51. The number of rotatable bonds is 2. The Kier molecular flexibility index (Phi) is 3.52. The van der Waals surface area contributed by atoms with Crippen molar-refractivity contribution >= 4 is 5.91 Å². The third kappa shape index (κ3) is 2.32. The largest absolute Gasteiger partial charge is 0.391 e. The molecule has 0 aromatic rings. The number of aliphatic hydroxyl groups excluding tert-OH is 1. The Balaban J connectivity index is 1.49. The minimum atomic E-state index is -0.301. The summed E-state index contributed by atoms with van der Waals surface area (Å²) in [5, 5.41) is 10.2. The minimum absolute atomic E-state index is 0.0726. The summed E-state index contributed by atoms with van der Waals surface area (Å²) in [6.45, 7) is 0. The van der Waals surface area contributed by atoms with Gasteiger partial charge in [0.05, 0.1) is 12.1 Å². The molecule has 5 fully saturated rings. The molecule has 0 aliphatic heterocycles. The fourth-order valence-corrected chi connectivity index (χ4v) is 6.27. The third-order valence-electron chi connectivity index (χ3n) is 7.05. The van der Waals surface area contributed by atoms with Gasteiger partial charge in [-0.1, -0.05) is 12.8 Å². The SMILES string of the molecule is CN(C(=O)C1C2CC3CC(C2)CC1C3)C1CCCCC1O. The van der Waals surface area contributed by atoms with Crippen molar-refractivity contribution in [1.82, 2.24) is 4.90 Å². The van der Waals surface area contributed by atoms with Crippen LogP contribution in [-0.4, -0.2) is 35.1 Å². The van der Waals surface area contributed by atoms with Gasteiger partial charge in [-0.15, -0.1) is 0 Å². The van der Waals surface area contributed by atoms with Crippen molar-refractivity contribution in [3.05, 3.63) is 0 Å². The standard InChI is InChI=1S/C18H29NO2/c1-19(15-4-2-3-5-16(15)20)18(21)17-13-7-11-6-12(9-13)10-14(17)8-11/h11-17,20H,2-10H2,1H3. The zero-order valence-electron chi connectivity index (χ0n) is 13.2. The average molecular weight is 291 g/mol. The van der Waals surface area contributed by atoms with Crippen molar-refractivity contribution < 1.29 is 9.90 Å². The number of aliphatic hydroxyl groups is 1. The predicted molar refractivity (Wildman–Crippen MR) is 81.6 cm³/mol. The van der Waals surface area contributed by atoms with Crippen LogP contribution in [0.5, 0.6) is 0 Å². The lowest BCUT2D eigenvalue weighted by Crippen LogP contribution is -2.55. The highest BCUT2D eigenvalue weighted by molar-refractivity contribution is 5.80. The summed E-state index contributed by atoms with van der Waals surface area (Å²) in [4.78, 5) is 15.0. The van der Waals surface area contributed by atoms with E-state index in [1.54, 1.807) is 0 Å². The summed E-state index contributed by atoms with van der Waals surface area (Å²) >= 11 is 0. The molecule has 4 bridgehead atoms. The van der Waals surface area contributed by atoms with E-state index in [9.17, 15) is 9.90 Å². The molecular formula is C18H29NO2. The predicted octanol–water partition coefficient (Wildman–Crippen LogP) is 2.82. The molecule has 118 valence electrons. The van der Waals surface area contributed by atoms with Crippen LogP contribution in [0.4, 0.5) is 0 Å². The second-order valence-corrected chi connectivity index (χ2v) is 8.32. The van der Waals surface area contributed by atoms with Gasteiger partial charge in [-0.3, -0.25) is 4.79 Å². The number of amides is 1. The van der Waals surface area contributed by atoms with E-state index in [1.807, 2.05) is 11.9 Å². The van der Waals surface area contributed by atoms with Crippen LogP contribution in [0.25, 0.3) is 0 Å².